The number of ketones is 1. The van der Waals surface area contributed by atoms with Crippen LogP contribution in [0.25, 0.3) is 0 Å². The minimum Gasteiger partial charge on any atom is -0.291 e. The zero-order valence-corrected chi connectivity index (χ0v) is 11.8. The summed E-state index contributed by atoms with van der Waals surface area (Å²) in [5, 5.41) is 0. The van der Waals surface area contributed by atoms with Gasteiger partial charge in [-0.2, -0.15) is 8.42 Å². The van der Waals surface area contributed by atoms with Gasteiger partial charge in [0.1, 0.15) is 6.10 Å². The normalized spacial score (nSPS) is 14.2. The molecule has 0 aliphatic heterocycles. The van der Waals surface area contributed by atoms with Crippen LogP contribution in [0.5, 0.6) is 0 Å². The van der Waals surface area contributed by atoms with E-state index in [-0.39, 0.29) is 5.78 Å². The molecule has 0 spiro atoms. The second-order valence-corrected chi connectivity index (χ2v) is 6.88. The van der Waals surface area contributed by atoms with E-state index in [4.69, 9.17) is 4.18 Å². The van der Waals surface area contributed by atoms with Crippen molar-refractivity contribution in [1.29, 1.82) is 0 Å². The summed E-state index contributed by atoms with van der Waals surface area (Å²) >= 11 is 0. The fourth-order valence-corrected chi connectivity index (χ4v) is 2.24. The molecule has 0 bridgehead atoms. The van der Waals surface area contributed by atoms with Crippen LogP contribution in [0.4, 0.5) is 0 Å². The third-order valence-corrected chi connectivity index (χ3v) is 2.90. The molecule has 1 unspecified atom stereocenters. The number of carbonyl (C=O) groups is 1. The molecule has 1 aromatic rings. The van der Waals surface area contributed by atoms with Gasteiger partial charge in [0.2, 0.25) is 0 Å². The quantitative estimate of drug-likeness (QED) is 0.622. The van der Waals surface area contributed by atoms with Crippen molar-refractivity contribution in [1.82, 2.24) is 0 Å². The van der Waals surface area contributed by atoms with Gasteiger partial charge in [0.15, 0.2) is 5.78 Å². The molecule has 0 amide bonds. The average Bonchev–Trinajstić information content (AvgIpc) is 2.24. The summed E-state index contributed by atoms with van der Waals surface area (Å²) < 4.78 is 27.4. The summed E-state index contributed by atoms with van der Waals surface area (Å²) in [6.45, 7) is 5.30. The highest BCUT2D eigenvalue weighted by atomic mass is 32.2. The van der Waals surface area contributed by atoms with Gasteiger partial charge in [-0.1, -0.05) is 51.1 Å². The van der Waals surface area contributed by atoms with E-state index >= 15 is 0 Å². The van der Waals surface area contributed by atoms with Crippen LogP contribution in [-0.2, 0) is 14.3 Å². The van der Waals surface area contributed by atoms with Gasteiger partial charge in [-0.25, -0.2) is 0 Å². The van der Waals surface area contributed by atoms with Crippen LogP contribution in [0.1, 0.15) is 31.1 Å². The van der Waals surface area contributed by atoms with E-state index in [1.807, 2.05) is 0 Å². The van der Waals surface area contributed by atoms with Gasteiger partial charge >= 0.3 is 0 Å². The molecule has 0 radical (unpaired) electrons. The zero-order valence-electron chi connectivity index (χ0n) is 11.0. The smallest absolute Gasteiger partial charge is 0.265 e. The van der Waals surface area contributed by atoms with Crippen molar-refractivity contribution in [3.05, 3.63) is 35.9 Å². The largest absolute Gasteiger partial charge is 0.291 e. The van der Waals surface area contributed by atoms with E-state index in [9.17, 15) is 13.2 Å². The molecular formula is C13H18O4S. The summed E-state index contributed by atoms with van der Waals surface area (Å²) in [7, 11) is -3.68. The number of Topliss-reactive ketones (excluding diaryl/α,β-unsaturated/α-hetero) is 1. The fraction of sp³-hybridized carbons (Fsp3) is 0.462. The second kappa shape index (κ2) is 5.20. The molecule has 0 saturated carbocycles. The zero-order chi connectivity index (χ0) is 14.0. The first kappa shape index (κ1) is 14.9. The molecule has 0 fully saturated rings. The molecule has 0 aliphatic rings. The summed E-state index contributed by atoms with van der Waals surface area (Å²) in [5.41, 5.74) is -0.156. The summed E-state index contributed by atoms with van der Waals surface area (Å²) in [6, 6.07) is 8.54. The molecular weight excluding hydrogens is 252 g/mol. The van der Waals surface area contributed by atoms with Gasteiger partial charge in [-0.05, 0) is 5.41 Å². The molecule has 5 heteroatoms. The maximum Gasteiger partial charge on any atom is 0.265 e. The van der Waals surface area contributed by atoms with E-state index in [1.54, 1.807) is 51.1 Å². The van der Waals surface area contributed by atoms with Crippen LogP contribution < -0.4 is 0 Å². The highest BCUT2D eigenvalue weighted by Gasteiger charge is 2.35. The predicted molar refractivity (Wildman–Crippen MR) is 69.9 cm³/mol. The Morgan fingerprint density at radius 2 is 1.67 bits per heavy atom. The van der Waals surface area contributed by atoms with Crippen LogP contribution >= 0.6 is 0 Å². The standard InChI is InChI=1S/C13H18O4S/c1-13(2,3)12(17-18(4,15)16)11(14)10-8-6-5-7-9-10/h5-9,12H,1-4H3. The van der Waals surface area contributed by atoms with Crippen molar-refractivity contribution in [2.75, 3.05) is 6.26 Å². The van der Waals surface area contributed by atoms with E-state index in [0.717, 1.165) is 6.26 Å². The summed E-state index contributed by atoms with van der Waals surface area (Å²) in [6.07, 6.45) is -0.0702. The van der Waals surface area contributed by atoms with Gasteiger partial charge in [-0.3, -0.25) is 8.98 Å². The Bertz CT molecular complexity index is 512. The molecule has 0 saturated heterocycles. The molecule has 0 aromatic heterocycles. The van der Waals surface area contributed by atoms with Crippen molar-refractivity contribution in [3.63, 3.8) is 0 Å². The minimum absolute atomic E-state index is 0.325. The molecule has 0 heterocycles. The van der Waals surface area contributed by atoms with E-state index < -0.39 is 21.6 Å². The van der Waals surface area contributed by atoms with Crippen LogP contribution in [0, 0.1) is 5.41 Å². The second-order valence-electron chi connectivity index (χ2n) is 5.28. The monoisotopic (exact) mass is 270 g/mol. The lowest BCUT2D eigenvalue weighted by Gasteiger charge is -2.28. The first-order chi connectivity index (χ1) is 8.11. The van der Waals surface area contributed by atoms with Gasteiger partial charge < -0.3 is 0 Å². The highest BCUT2D eigenvalue weighted by Crippen LogP contribution is 2.26. The SMILES string of the molecule is CC(C)(C)C(OS(C)(=O)=O)C(=O)c1ccccc1. The lowest BCUT2D eigenvalue weighted by Crippen LogP contribution is -2.38. The Hall–Kier alpha value is -1.20. The first-order valence-electron chi connectivity index (χ1n) is 5.59. The lowest BCUT2D eigenvalue weighted by atomic mass is 9.84. The van der Waals surface area contributed by atoms with Crippen molar-refractivity contribution < 1.29 is 17.4 Å². The van der Waals surface area contributed by atoms with Crippen LogP contribution in [0.2, 0.25) is 0 Å². The third-order valence-electron chi connectivity index (χ3n) is 2.35. The van der Waals surface area contributed by atoms with Gasteiger partial charge in [0.25, 0.3) is 10.1 Å². The van der Waals surface area contributed by atoms with Crippen molar-refractivity contribution in [2.45, 2.75) is 26.9 Å². The molecule has 1 rings (SSSR count). The fourth-order valence-electron chi connectivity index (χ4n) is 1.51. The minimum atomic E-state index is -3.68. The Morgan fingerprint density at radius 1 is 1.17 bits per heavy atom. The average molecular weight is 270 g/mol. The maximum atomic E-state index is 12.3. The van der Waals surface area contributed by atoms with Crippen LogP contribution in [0.3, 0.4) is 0 Å². The van der Waals surface area contributed by atoms with Gasteiger partial charge in [0.05, 0.1) is 6.26 Å². The molecule has 4 nitrogen and oxygen atoms in total. The Balaban J connectivity index is 3.09. The predicted octanol–water partition coefficient (Wildman–Crippen LogP) is 2.26. The van der Waals surface area contributed by atoms with Crippen LogP contribution in [0.15, 0.2) is 30.3 Å². The molecule has 1 atom stereocenters. The molecule has 1 aromatic carbocycles. The third kappa shape index (κ3) is 4.23. The maximum absolute atomic E-state index is 12.3. The topological polar surface area (TPSA) is 60.4 Å². The molecule has 0 N–H and O–H groups in total. The number of rotatable bonds is 4. The number of benzene rings is 1. The van der Waals surface area contributed by atoms with Crippen molar-refractivity contribution in [3.8, 4) is 0 Å². The van der Waals surface area contributed by atoms with Gasteiger partial charge in [0, 0.05) is 5.56 Å². The Morgan fingerprint density at radius 3 is 2.06 bits per heavy atom. The van der Waals surface area contributed by atoms with Crippen molar-refractivity contribution >= 4 is 15.9 Å². The lowest BCUT2D eigenvalue weighted by molar-refractivity contribution is 0.0566. The molecule has 18 heavy (non-hydrogen) atoms. The van der Waals surface area contributed by atoms with Gasteiger partial charge in [-0.15, -0.1) is 0 Å². The molecule has 0 aliphatic carbocycles. The van der Waals surface area contributed by atoms with E-state index in [2.05, 4.69) is 0 Å². The van der Waals surface area contributed by atoms with E-state index in [0.29, 0.717) is 5.56 Å². The first-order valence-corrected chi connectivity index (χ1v) is 7.40. The Labute approximate surface area is 108 Å². The number of hydrogen-bond acceptors (Lipinski definition) is 4. The number of carbonyl (C=O) groups excluding carboxylic acids is 1. The summed E-state index contributed by atoms with van der Waals surface area (Å²) in [5.74, 6) is -0.325. The summed E-state index contributed by atoms with van der Waals surface area (Å²) in [4.78, 5) is 12.3. The van der Waals surface area contributed by atoms with Crippen LogP contribution in [-0.4, -0.2) is 26.6 Å². The number of hydrogen-bond donors (Lipinski definition) is 0. The van der Waals surface area contributed by atoms with Crippen molar-refractivity contribution in [2.24, 2.45) is 5.41 Å². The highest BCUT2D eigenvalue weighted by molar-refractivity contribution is 7.86. The Kier molecular flexibility index (Phi) is 4.29. The molecule has 100 valence electrons. The van der Waals surface area contributed by atoms with E-state index in [1.165, 1.54) is 0 Å².